The highest BCUT2D eigenvalue weighted by atomic mass is 16.5. The lowest BCUT2D eigenvalue weighted by atomic mass is 10.2. The summed E-state index contributed by atoms with van der Waals surface area (Å²) in [5.74, 6) is -0.406. The van der Waals surface area contributed by atoms with Crippen molar-refractivity contribution in [1.29, 1.82) is 0 Å². The Morgan fingerprint density at radius 2 is 2.08 bits per heavy atom. The van der Waals surface area contributed by atoms with E-state index in [2.05, 4.69) is 24.9 Å². The van der Waals surface area contributed by atoms with E-state index < -0.39 is 11.9 Å². The van der Waals surface area contributed by atoms with Crippen molar-refractivity contribution in [3.05, 3.63) is 41.9 Å². The topological polar surface area (TPSA) is 104 Å². The van der Waals surface area contributed by atoms with Crippen molar-refractivity contribution in [2.75, 3.05) is 19.5 Å². The summed E-state index contributed by atoms with van der Waals surface area (Å²) in [6.45, 7) is 1.92. The van der Waals surface area contributed by atoms with Gasteiger partial charge in [-0.2, -0.15) is 4.98 Å². The van der Waals surface area contributed by atoms with Crippen LogP contribution in [0.1, 0.15) is 12.7 Å². The van der Waals surface area contributed by atoms with E-state index >= 15 is 0 Å². The summed E-state index contributed by atoms with van der Waals surface area (Å²) in [6.07, 6.45) is 1.68. The average molecular weight is 331 g/mol. The number of rotatable bonds is 6. The highest BCUT2D eigenvalue weighted by Gasteiger charge is 2.14. The van der Waals surface area contributed by atoms with Gasteiger partial charge in [0.25, 0.3) is 5.89 Å². The maximum atomic E-state index is 11.8. The number of hydrogen-bond donors (Lipinski definition) is 1. The number of carbonyl (C=O) groups excluding carboxylic acids is 2. The standard InChI is InChI=1S/C16H17N3O5/c1-4-13-18-15(24-19-13)10-6-5-7-11(8-10)17-12(16(21)23-3)9-14(20)22-2/h5-9,17H,4H2,1-3H3/b12-9+. The van der Waals surface area contributed by atoms with Crippen LogP contribution >= 0.6 is 0 Å². The molecule has 0 spiro atoms. The number of nitrogens with zero attached hydrogens (tertiary/aromatic N) is 2. The third-order valence-corrected chi connectivity index (χ3v) is 3.04. The van der Waals surface area contributed by atoms with Gasteiger partial charge in [-0.25, -0.2) is 9.59 Å². The lowest BCUT2D eigenvalue weighted by Gasteiger charge is -2.09. The first-order chi connectivity index (χ1) is 11.6. The van der Waals surface area contributed by atoms with Crippen LogP contribution in [-0.4, -0.2) is 36.3 Å². The van der Waals surface area contributed by atoms with E-state index in [1.807, 2.05) is 6.92 Å². The van der Waals surface area contributed by atoms with Gasteiger partial charge in [-0.15, -0.1) is 0 Å². The Bertz CT molecular complexity index is 767. The van der Waals surface area contributed by atoms with Gasteiger partial charge < -0.3 is 19.3 Å². The molecule has 1 aromatic carbocycles. The first-order valence-electron chi connectivity index (χ1n) is 7.15. The molecular weight excluding hydrogens is 314 g/mol. The average Bonchev–Trinajstić information content (AvgIpc) is 3.09. The third-order valence-electron chi connectivity index (χ3n) is 3.04. The minimum absolute atomic E-state index is 0.0544. The van der Waals surface area contributed by atoms with E-state index in [1.54, 1.807) is 24.3 Å². The number of hydrogen-bond acceptors (Lipinski definition) is 8. The Hall–Kier alpha value is -3.16. The van der Waals surface area contributed by atoms with E-state index in [9.17, 15) is 9.59 Å². The summed E-state index contributed by atoms with van der Waals surface area (Å²) >= 11 is 0. The quantitative estimate of drug-likeness (QED) is 0.632. The van der Waals surface area contributed by atoms with Gasteiger partial charge in [0.05, 0.1) is 20.3 Å². The molecule has 1 heterocycles. The normalized spacial score (nSPS) is 11.0. The van der Waals surface area contributed by atoms with Gasteiger partial charge >= 0.3 is 11.9 Å². The van der Waals surface area contributed by atoms with Crippen LogP contribution < -0.4 is 5.32 Å². The van der Waals surface area contributed by atoms with Crippen LogP contribution in [0.2, 0.25) is 0 Å². The second-order valence-corrected chi connectivity index (χ2v) is 4.65. The largest absolute Gasteiger partial charge is 0.466 e. The van der Waals surface area contributed by atoms with Crippen LogP contribution in [0.5, 0.6) is 0 Å². The highest BCUT2D eigenvalue weighted by Crippen LogP contribution is 2.22. The number of aryl methyl sites for hydroxylation is 1. The fraction of sp³-hybridized carbons (Fsp3) is 0.250. The van der Waals surface area contributed by atoms with Crippen LogP contribution in [0.3, 0.4) is 0 Å². The third kappa shape index (κ3) is 4.19. The summed E-state index contributed by atoms with van der Waals surface area (Å²) < 4.78 is 14.4. The molecule has 0 fully saturated rings. The molecule has 0 saturated heterocycles. The number of anilines is 1. The Balaban J connectivity index is 2.28. The molecule has 2 aromatic rings. The van der Waals surface area contributed by atoms with Crippen molar-refractivity contribution in [2.24, 2.45) is 0 Å². The van der Waals surface area contributed by atoms with Gasteiger partial charge in [-0.1, -0.05) is 18.1 Å². The van der Waals surface area contributed by atoms with E-state index in [0.29, 0.717) is 29.4 Å². The van der Waals surface area contributed by atoms with Crippen molar-refractivity contribution in [3.63, 3.8) is 0 Å². The molecule has 0 aliphatic heterocycles. The molecule has 0 amide bonds. The first kappa shape index (κ1) is 17.2. The minimum atomic E-state index is -0.697. The van der Waals surface area contributed by atoms with Crippen molar-refractivity contribution in [3.8, 4) is 11.5 Å². The number of methoxy groups -OCH3 is 2. The van der Waals surface area contributed by atoms with Crippen LogP contribution in [0.15, 0.2) is 40.6 Å². The van der Waals surface area contributed by atoms with Crippen LogP contribution in [0, 0.1) is 0 Å². The van der Waals surface area contributed by atoms with Crippen LogP contribution in [-0.2, 0) is 25.5 Å². The molecule has 0 bridgehead atoms. The summed E-state index contributed by atoms with van der Waals surface area (Å²) in [5.41, 5.74) is 1.17. The first-order valence-corrected chi connectivity index (χ1v) is 7.15. The van der Waals surface area contributed by atoms with Gasteiger partial charge in [0.15, 0.2) is 5.82 Å². The number of esters is 2. The monoisotopic (exact) mass is 331 g/mol. The summed E-state index contributed by atoms with van der Waals surface area (Å²) in [5, 5.41) is 6.66. The Labute approximate surface area is 138 Å². The maximum absolute atomic E-state index is 11.8. The number of nitrogens with one attached hydrogen (secondary N) is 1. The molecule has 24 heavy (non-hydrogen) atoms. The fourth-order valence-corrected chi connectivity index (χ4v) is 1.83. The van der Waals surface area contributed by atoms with Crippen LogP contribution in [0.4, 0.5) is 5.69 Å². The van der Waals surface area contributed by atoms with Crippen molar-refractivity contribution < 1.29 is 23.6 Å². The van der Waals surface area contributed by atoms with Crippen molar-refractivity contribution in [1.82, 2.24) is 10.1 Å². The van der Waals surface area contributed by atoms with E-state index in [1.165, 1.54) is 14.2 Å². The second kappa shape index (κ2) is 7.91. The zero-order valence-corrected chi connectivity index (χ0v) is 13.5. The number of aromatic nitrogens is 2. The fourth-order valence-electron chi connectivity index (χ4n) is 1.83. The summed E-state index contributed by atoms with van der Waals surface area (Å²) in [4.78, 5) is 27.4. The molecule has 0 saturated carbocycles. The molecule has 8 heteroatoms. The molecule has 126 valence electrons. The van der Waals surface area contributed by atoms with Crippen molar-refractivity contribution in [2.45, 2.75) is 13.3 Å². The number of benzene rings is 1. The van der Waals surface area contributed by atoms with Gasteiger partial charge in [0.2, 0.25) is 0 Å². The Morgan fingerprint density at radius 1 is 1.29 bits per heavy atom. The Kier molecular flexibility index (Phi) is 5.67. The van der Waals surface area contributed by atoms with Gasteiger partial charge in [0.1, 0.15) is 5.70 Å². The Morgan fingerprint density at radius 3 is 2.71 bits per heavy atom. The molecule has 0 atom stereocenters. The molecule has 0 aliphatic rings. The second-order valence-electron chi connectivity index (χ2n) is 4.65. The highest BCUT2D eigenvalue weighted by molar-refractivity contribution is 5.98. The molecule has 1 N–H and O–H groups in total. The zero-order chi connectivity index (χ0) is 17.5. The molecule has 0 radical (unpaired) electrons. The molecule has 1 aromatic heterocycles. The molecule has 0 aliphatic carbocycles. The lowest BCUT2D eigenvalue weighted by molar-refractivity contribution is -0.138. The summed E-state index contributed by atoms with van der Waals surface area (Å²) in [6, 6.07) is 6.97. The molecular formula is C16H17N3O5. The van der Waals surface area contributed by atoms with Crippen LogP contribution in [0.25, 0.3) is 11.5 Å². The predicted molar refractivity (Wildman–Crippen MR) is 84.8 cm³/mol. The minimum Gasteiger partial charge on any atom is -0.466 e. The number of carbonyl (C=O) groups is 2. The van der Waals surface area contributed by atoms with E-state index in [0.717, 1.165) is 6.08 Å². The van der Waals surface area contributed by atoms with E-state index in [4.69, 9.17) is 4.52 Å². The SMILES string of the molecule is CCc1noc(-c2cccc(N/C(=C/C(=O)OC)C(=O)OC)c2)n1. The smallest absolute Gasteiger partial charge is 0.354 e. The maximum Gasteiger partial charge on any atom is 0.354 e. The van der Waals surface area contributed by atoms with E-state index in [-0.39, 0.29) is 5.70 Å². The van der Waals surface area contributed by atoms with Gasteiger partial charge in [-0.05, 0) is 18.2 Å². The zero-order valence-electron chi connectivity index (χ0n) is 13.5. The lowest BCUT2D eigenvalue weighted by Crippen LogP contribution is -2.15. The molecule has 2 rings (SSSR count). The molecule has 8 nitrogen and oxygen atoms in total. The number of ether oxygens (including phenoxy) is 2. The molecule has 0 unspecified atom stereocenters. The predicted octanol–water partition coefficient (Wildman–Crippen LogP) is 1.94. The summed E-state index contributed by atoms with van der Waals surface area (Å²) in [7, 11) is 2.44. The van der Waals surface area contributed by atoms with Crippen molar-refractivity contribution >= 4 is 17.6 Å². The van der Waals surface area contributed by atoms with Gasteiger partial charge in [0, 0.05) is 17.7 Å². The van der Waals surface area contributed by atoms with Gasteiger partial charge in [-0.3, -0.25) is 0 Å².